The second kappa shape index (κ2) is 6.93. The van der Waals surface area contributed by atoms with Crippen molar-refractivity contribution in [3.63, 3.8) is 0 Å². The second-order valence-electron chi connectivity index (χ2n) is 5.98. The number of amides is 1. The molecule has 1 fully saturated rings. The van der Waals surface area contributed by atoms with Crippen molar-refractivity contribution in [2.24, 2.45) is 11.8 Å². The molecule has 1 amide bonds. The molecular weight excluding hydrogens is 240 g/mol. The molecule has 0 spiro atoms. The second-order valence-corrected chi connectivity index (χ2v) is 5.98. The third-order valence-corrected chi connectivity index (χ3v) is 4.14. The van der Waals surface area contributed by atoms with Gasteiger partial charge in [-0.05, 0) is 38.8 Å². The summed E-state index contributed by atoms with van der Waals surface area (Å²) in [4.78, 5) is 14.2. The lowest BCUT2D eigenvalue weighted by molar-refractivity contribution is -0.127. The molecule has 0 saturated carbocycles. The first-order valence-corrected chi connectivity index (χ1v) is 7.02. The summed E-state index contributed by atoms with van der Waals surface area (Å²) in [5, 5.41) is 13.0. The van der Waals surface area contributed by atoms with E-state index in [9.17, 15) is 9.90 Å². The Labute approximate surface area is 116 Å². The zero-order valence-corrected chi connectivity index (χ0v) is 12.3. The van der Waals surface area contributed by atoms with Gasteiger partial charge in [-0.3, -0.25) is 9.69 Å². The highest BCUT2D eigenvalue weighted by molar-refractivity contribution is 5.78. The van der Waals surface area contributed by atoms with Crippen LogP contribution in [0, 0.1) is 24.2 Å². The van der Waals surface area contributed by atoms with Crippen LogP contribution in [0.25, 0.3) is 0 Å². The van der Waals surface area contributed by atoms with Crippen molar-refractivity contribution >= 4 is 5.91 Å². The molecule has 108 valence electrons. The lowest BCUT2D eigenvalue weighted by Gasteiger charge is -2.32. The Balaban J connectivity index is 2.34. The summed E-state index contributed by atoms with van der Waals surface area (Å²) in [5.74, 6) is 2.86. The molecular formula is C15H26N2O2. The first-order chi connectivity index (χ1) is 8.86. The van der Waals surface area contributed by atoms with E-state index in [0.29, 0.717) is 13.1 Å². The predicted octanol–water partition coefficient (Wildman–Crippen LogP) is 0.855. The van der Waals surface area contributed by atoms with Gasteiger partial charge in [0, 0.05) is 12.5 Å². The normalized spacial score (nSPS) is 20.8. The van der Waals surface area contributed by atoms with Gasteiger partial charge >= 0.3 is 0 Å². The number of terminal acetylenes is 1. The standard InChI is InChI=1S/C15H26N2O2/c1-5-8-17-9-6-13(7-10-17)14(18)16-11-15(4,19)12(2)3/h1,12-13,19H,6-11H2,2-4H3,(H,16,18). The molecule has 2 N–H and O–H groups in total. The van der Waals surface area contributed by atoms with Gasteiger partial charge in [0.25, 0.3) is 0 Å². The minimum Gasteiger partial charge on any atom is -0.388 e. The van der Waals surface area contributed by atoms with Crippen LogP contribution in [-0.4, -0.2) is 47.7 Å². The number of aliphatic hydroxyl groups is 1. The van der Waals surface area contributed by atoms with Crippen LogP contribution in [0.4, 0.5) is 0 Å². The summed E-state index contributed by atoms with van der Waals surface area (Å²) >= 11 is 0. The monoisotopic (exact) mass is 266 g/mol. The van der Waals surface area contributed by atoms with Crippen LogP contribution in [0.15, 0.2) is 0 Å². The minimum absolute atomic E-state index is 0.0528. The highest BCUT2D eigenvalue weighted by Crippen LogP contribution is 2.18. The molecule has 1 aliphatic heterocycles. The molecule has 1 saturated heterocycles. The number of hydrogen-bond donors (Lipinski definition) is 2. The Bertz CT molecular complexity index is 337. The maximum absolute atomic E-state index is 12.1. The zero-order valence-electron chi connectivity index (χ0n) is 12.3. The van der Waals surface area contributed by atoms with E-state index in [4.69, 9.17) is 6.42 Å². The molecule has 0 aromatic heterocycles. The first kappa shape index (κ1) is 16.0. The van der Waals surface area contributed by atoms with Crippen molar-refractivity contribution in [3.05, 3.63) is 0 Å². The van der Waals surface area contributed by atoms with Crippen molar-refractivity contribution in [2.45, 2.75) is 39.2 Å². The number of likely N-dealkylation sites (tertiary alicyclic amines) is 1. The van der Waals surface area contributed by atoms with Crippen molar-refractivity contribution in [2.75, 3.05) is 26.2 Å². The Hall–Kier alpha value is -1.05. The van der Waals surface area contributed by atoms with E-state index in [-0.39, 0.29) is 17.7 Å². The molecule has 0 aromatic carbocycles. The maximum Gasteiger partial charge on any atom is 0.223 e. The summed E-state index contributed by atoms with van der Waals surface area (Å²) in [6, 6.07) is 0. The van der Waals surface area contributed by atoms with Gasteiger partial charge in [0.2, 0.25) is 5.91 Å². The van der Waals surface area contributed by atoms with Gasteiger partial charge in [0.1, 0.15) is 0 Å². The zero-order chi connectivity index (χ0) is 14.5. The fourth-order valence-corrected chi connectivity index (χ4v) is 2.10. The van der Waals surface area contributed by atoms with Crippen LogP contribution in [0.5, 0.6) is 0 Å². The molecule has 1 rings (SSSR count). The van der Waals surface area contributed by atoms with Crippen LogP contribution >= 0.6 is 0 Å². The lowest BCUT2D eigenvalue weighted by Crippen LogP contribution is -2.47. The molecule has 4 heteroatoms. The molecule has 0 aromatic rings. The smallest absolute Gasteiger partial charge is 0.223 e. The van der Waals surface area contributed by atoms with E-state index in [1.165, 1.54) is 0 Å². The molecule has 1 atom stereocenters. The van der Waals surface area contributed by atoms with E-state index >= 15 is 0 Å². The van der Waals surface area contributed by atoms with E-state index in [1.807, 2.05) is 13.8 Å². The van der Waals surface area contributed by atoms with Gasteiger partial charge in [-0.25, -0.2) is 0 Å². The summed E-state index contributed by atoms with van der Waals surface area (Å²) in [6.07, 6.45) is 6.97. The number of nitrogens with zero attached hydrogens (tertiary/aromatic N) is 1. The Morgan fingerprint density at radius 2 is 2.11 bits per heavy atom. The number of carbonyl (C=O) groups excluding carboxylic acids is 1. The Morgan fingerprint density at radius 1 is 1.53 bits per heavy atom. The molecule has 19 heavy (non-hydrogen) atoms. The molecule has 1 heterocycles. The number of nitrogens with one attached hydrogen (secondary N) is 1. The predicted molar refractivity (Wildman–Crippen MR) is 76.5 cm³/mol. The quantitative estimate of drug-likeness (QED) is 0.726. The molecule has 0 aliphatic carbocycles. The molecule has 0 bridgehead atoms. The molecule has 1 aliphatic rings. The molecule has 1 unspecified atom stereocenters. The van der Waals surface area contributed by atoms with Crippen molar-refractivity contribution in [1.82, 2.24) is 10.2 Å². The van der Waals surface area contributed by atoms with E-state index < -0.39 is 5.60 Å². The van der Waals surface area contributed by atoms with Gasteiger partial charge in [-0.1, -0.05) is 19.8 Å². The van der Waals surface area contributed by atoms with Crippen LogP contribution in [0.2, 0.25) is 0 Å². The number of hydrogen-bond acceptors (Lipinski definition) is 3. The molecule has 4 nitrogen and oxygen atoms in total. The van der Waals surface area contributed by atoms with Gasteiger partial charge in [-0.15, -0.1) is 6.42 Å². The van der Waals surface area contributed by atoms with E-state index in [0.717, 1.165) is 25.9 Å². The summed E-state index contributed by atoms with van der Waals surface area (Å²) < 4.78 is 0. The summed E-state index contributed by atoms with van der Waals surface area (Å²) in [5.41, 5.74) is -0.847. The SMILES string of the molecule is C#CCN1CCC(C(=O)NCC(C)(O)C(C)C)CC1. The van der Waals surface area contributed by atoms with Crippen molar-refractivity contribution in [3.8, 4) is 12.3 Å². The van der Waals surface area contributed by atoms with Crippen LogP contribution in [0.1, 0.15) is 33.6 Å². The average Bonchev–Trinajstić information content (AvgIpc) is 2.37. The first-order valence-electron chi connectivity index (χ1n) is 7.02. The van der Waals surface area contributed by atoms with Gasteiger partial charge in [-0.2, -0.15) is 0 Å². The van der Waals surface area contributed by atoms with Gasteiger partial charge < -0.3 is 10.4 Å². The fraction of sp³-hybridized carbons (Fsp3) is 0.800. The number of rotatable bonds is 5. The molecule has 0 radical (unpaired) electrons. The van der Waals surface area contributed by atoms with E-state index in [1.54, 1.807) is 6.92 Å². The minimum atomic E-state index is -0.847. The topological polar surface area (TPSA) is 52.6 Å². The Kier molecular flexibility index (Phi) is 5.84. The highest BCUT2D eigenvalue weighted by atomic mass is 16.3. The summed E-state index contributed by atoms with van der Waals surface area (Å²) in [7, 11) is 0. The highest BCUT2D eigenvalue weighted by Gasteiger charge is 2.28. The third-order valence-electron chi connectivity index (χ3n) is 4.14. The summed E-state index contributed by atoms with van der Waals surface area (Å²) in [6.45, 7) is 8.39. The Morgan fingerprint density at radius 3 is 2.58 bits per heavy atom. The third kappa shape index (κ3) is 4.85. The van der Waals surface area contributed by atoms with Crippen molar-refractivity contribution in [1.29, 1.82) is 0 Å². The average molecular weight is 266 g/mol. The number of carbonyl (C=O) groups is 1. The van der Waals surface area contributed by atoms with E-state index in [2.05, 4.69) is 16.1 Å². The van der Waals surface area contributed by atoms with Gasteiger partial charge in [0.05, 0.1) is 12.1 Å². The van der Waals surface area contributed by atoms with Crippen molar-refractivity contribution < 1.29 is 9.90 Å². The fourth-order valence-electron chi connectivity index (χ4n) is 2.10. The lowest BCUT2D eigenvalue weighted by atomic mass is 9.91. The van der Waals surface area contributed by atoms with Crippen LogP contribution in [0.3, 0.4) is 0 Å². The maximum atomic E-state index is 12.1. The number of piperidine rings is 1. The van der Waals surface area contributed by atoms with Crippen LogP contribution < -0.4 is 5.32 Å². The van der Waals surface area contributed by atoms with Gasteiger partial charge in [0.15, 0.2) is 0 Å². The van der Waals surface area contributed by atoms with Crippen LogP contribution in [-0.2, 0) is 4.79 Å². The largest absolute Gasteiger partial charge is 0.388 e.